The van der Waals surface area contributed by atoms with Crippen LogP contribution in [0.5, 0.6) is 0 Å². The minimum Gasteiger partial charge on any atom is -0.379 e. The van der Waals surface area contributed by atoms with Crippen LogP contribution in [-0.2, 0) is 6.54 Å². The zero-order chi connectivity index (χ0) is 14.1. The summed E-state index contributed by atoms with van der Waals surface area (Å²) in [4.78, 5) is 3.29. The second-order valence-electron chi connectivity index (χ2n) is 4.78. The third-order valence-electron chi connectivity index (χ3n) is 3.34. The predicted molar refractivity (Wildman–Crippen MR) is 81.8 cm³/mol. The van der Waals surface area contributed by atoms with E-state index in [9.17, 15) is 4.39 Å². The van der Waals surface area contributed by atoms with Gasteiger partial charge in [-0.3, -0.25) is 0 Å². The van der Waals surface area contributed by atoms with Crippen molar-refractivity contribution in [2.75, 3.05) is 5.32 Å². The molecule has 0 bridgehead atoms. The van der Waals surface area contributed by atoms with Crippen LogP contribution < -0.4 is 5.32 Å². The molecule has 4 heteroatoms. The first-order chi connectivity index (χ1) is 9.65. The summed E-state index contributed by atoms with van der Waals surface area (Å²) in [7, 11) is 0. The number of hydrogen-bond donors (Lipinski definition) is 2. The molecule has 3 aromatic rings. The van der Waals surface area contributed by atoms with E-state index in [0.29, 0.717) is 12.1 Å². The molecule has 0 aliphatic heterocycles. The maximum atomic E-state index is 13.2. The lowest BCUT2D eigenvalue weighted by Gasteiger charge is -2.07. The number of halogens is 2. The highest BCUT2D eigenvalue weighted by Crippen LogP contribution is 2.27. The molecule has 2 N–H and O–H groups in total. The van der Waals surface area contributed by atoms with Gasteiger partial charge >= 0.3 is 0 Å². The Labute approximate surface area is 121 Å². The van der Waals surface area contributed by atoms with Crippen molar-refractivity contribution in [2.45, 2.75) is 13.5 Å². The van der Waals surface area contributed by atoms with Gasteiger partial charge in [0.05, 0.1) is 17.3 Å². The van der Waals surface area contributed by atoms with Gasteiger partial charge in [-0.15, -0.1) is 0 Å². The Kier molecular flexibility index (Phi) is 3.36. The molecule has 0 amide bonds. The number of aromatic amines is 1. The number of anilines is 1. The molecule has 1 heterocycles. The smallest absolute Gasteiger partial charge is 0.126 e. The summed E-state index contributed by atoms with van der Waals surface area (Å²) in [5.41, 5.74) is 3.44. The molecule has 0 saturated heterocycles. The van der Waals surface area contributed by atoms with Crippen LogP contribution in [0.2, 0.25) is 5.02 Å². The van der Waals surface area contributed by atoms with Gasteiger partial charge in [0.2, 0.25) is 0 Å². The van der Waals surface area contributed by atoms with Gasteiger partial charge in [-0.25, -0.2) is 4.39 Å². The molecule has 2 aromatic carbocycles. The van der Waals surface area contributed by atoms with Crippen LogP contribution in [0.1, 0.15) is 11.3 Å². The van der Waals surface area contributed by atoms with Crippen molar-refractivity contribution in [3.05, 3.63) is 64.6 Å². The van der Waals surface area contributed by atoms with Crippen LogP contribution in [0.15, 0.2) is 42.5 Å². The average Bonchev–Trinajstić information content (AvgIpc) is 2.77. The second-order valence-corrected chi connectivity index (χ2v) is 5.16. The second kappa shape index (κ2) is 5.17. The first-order valence-corrected chi connectivity index (χ1v) is 6.78. The molecule has 20 heavy (non-hydrogen) atoms. The lowest BCUT2D eigenvalue weighted by atomic mass is 10.2. The SMILES string of the molecule is Cc1cc(NCc2[nH]c3ccccc3c2Cl)ccc1F. The van der Waals surface area contributed by atoms with Gasteiger partial charge in [0.1, 0.15) is 5.82 Å². The van der Waals surface area contributed by atoms with E-state index in [1.54, 1.807) is 19.1 Å². The van der Waals surface area contributed by atoms with Gasteiger partial charge in [0.15, 0.2) is 0 Å². The van der Waals surface area contributed by atoms with Crippen molar-refractivity contribution in [3.8, 4) is 0 Å². The highest BCUT2D eigenvalue weighted by atomic mass is 35.5. The van der Waals surface area contributed by atoms with Crippen LogP contribution in [-0.4, -0.2) is 4.98 Å². The van der Waals surface area contributed by atoms with Crippen molar-refractivity contribution < 1.29 is 4.39 Å². The minimum absolute atomic E-state index is 0.195. The third kappa shape index (κ3) is 2.37. The molecule has 0 spiro atoms. The van der Waals surface area contributed by atoms with Crippen LogP contribution >= 0.6 is 11.6 Å². The molecule has 0 radical (unpaired) electrons. The highest BCUT2D eigenvalue weighted by Gasteiger charge is 2.08. The highest BCUT2D eigenvalue weighted by molar-refractivity contribution is 6.36. The van der Waals surface area contributed by atoms with E-state index in [-0.39, 0.29) is 5.82 Å². The van der Waals surface area contributed by atoms with Crippen molar-refractivity contribution in [2.24, 2.45) is 0 Å². The molecule has 2 nitrogen and oxygen atoms in total. The quantitative estimate of drug-likeness (QED) is 0.706. The Hall–Kier alpha value is -2.00. The van der Waals surface area contributed by atoms with E-state index in [2.05, 4.69) is 10.3 Å². The fourth-order valence-corrected chi connectivity index (χ4v) is 2.51. The van der Waals surface area contributed by atoms with Crippen LogP contribution in [0.4, 0.5) is 10.1 Å². The molecule has 3 rings (SSSR count). The Morgan fingerprint density at radius 1 is 1.20 bits per heavy atom. The van der Waals surface area contributed by atoms with Crippen molar-refractivity contribution >= 4 is 28.2 Å². The fraction of sp³-hybridized carbons (Fsp3) is 0.125. The number of fused-ring (bicyclic) bond motifs is 1. The summed E-state index contributed by atoms with van der Waals surface area (Å²) in [6, 6.07) is 12.9. The van der Waals surface area contributed by atoms with Gasteiger partial charge in [-0.05, 0) is 36.8 Å². The number of rotatable bonds is 3. The van der Waals surface area contributed by atoms with Gasteiger partial charge < -0.3 is 10.3 Å². The number of hydrogen-bond acceptors (Lipinski definition) is 1. The zero-order valence-electron chi connectivity index (χ0n) is 11.0. The first-order valence-electron chi connectivity index (χ1n) is 6.40. The lowest BCUT2D eigenvalue weighted by molar-refractivity contribution is 0.618. The summed E-state index contributed by atoms with van der Waals surface area (Å²) in [6.07, 6.45) is 0. The standard InChI is InChI=1S/C16H14ClFN2/c1-10-8-11(6-7-13(10)18)19-9-15-16(17)12-4-2-3-5-14(12)20-15/h2-8,19-20H,9H2,1H3. The fourth-order valence-electron chi connectivity index (χ4n) is 2.23. The molecular weight excluding hydrogens is 275 g/mol. The van der Waals surface area contributed by atoms with E-state index < -0.39 is 0 Å². The molecule has 0 fully saturated rings. The van der Waals surface area contributed by atoms with E-state index in [4.69, 9.17) is 11.6 Å². The predicted octanol–water partition coefficient (Wildman–Crippen LogP) is 4.88. The Morgan fingerprint density at radius 3 is 2.75 bits per heavy atom. The number of aromatic nitrogens is 1. The molecule has 0 atom stereocenters. The van der Waals surface area contributed by atoms with E-state index in [1.165, 1.54) is 6.07 Å². The summed E-state index contributed by atoms with van der Waals surface area (Å²) in [5, 5.41) is 4.99. The van der Waals surface area contributed by atoms with Crippen LogP contribution in [0.25, 0.3) is 10.9 Å². The van der Waals surface area contributed by atoms with E-state index >= 15 is 0 Å². The topological polar surface area (TPSA) is 27.8 Å². The van der Waals surface area contributed by atoms with Gasteiger partial charge in [-0.1, -0.05) is 29.8 Å². The number of para-hydroxylation sites is 1. The minimum atomic E-state index is -0.195. The first kappa shape index (κ1) is 13.0. The Balaban J connectivity index is 1.83. The van der Waals surface area contributed by atoms with Gasteiger partial charge in [0.25, 0.3) is 0 Å². The van der Waals surface area contributed by atoms with Crippen molar-refractivity contribution in [1.29, 1.82) is 0 Å². The van der Waals surface area contributed by atoms with Crippen LogP contribution in [0.3, 0.4) is 0 Å². The lowest BCUT2D eigenvalue weighted by Crippen LogP contribution is -2.00. The number of nitrogens with one attached hydrogen (secondary N) is 2. The van der Waals surface area contributed by atoms with Crippen molar-refractivity contribution in [1.82, 2.24) is 4.98 Å². The molecule has 102 valence electrons. The van der Waals surface area contributed by atoms with E-state index in [1.807, 2.05) is 24.3 Å². The maximum Gasteiger partial charge on any atom is 0.126 e. The van der Waals surface area contributed by atoms with Crippen LogP contribution in [0, 0.1) is 12.7 Å². The Morgan fingerprint density at radius 2 is 2.00 bits per heavy atom. The molecule has 1 aromatic heterocycles. The third-order valence-corrected chi connectivity index (χ3v) is 3.77. The molecule has 0 aliphatic carbocycles. The summed E-state index contributed by atoms with van der Waals surface area (Å²) < 4.78 is 13.2. The zero-order valence-corrected chi connectivity index (χ0v) is 11.8. The Bertz CT molecular complexity index is 764. The summed E-state index contributed by atoms with van der Waals surface area (Å²) in [5.74, 6) is -0.195. The summed E-state index contributed by atoms with van der Waals surface area (Å²) in [6.45, 7) is 2.31. The van der Waals surface area contributed by atoms with Gasteiger partial charge in [-0.2, -0.15) is 0 Å². The number of aryl methyl sites for hydroxylation is 1. The average molecular weight is 289 g/mol. The molecule has 0 aliphatic rings. The van der Waals surface area contributed by atoms with Gasteiger partial charge in [0, 0.05) is 16.6 Å². The summed E-state index contributed by atoms with van der Waals surface area (Å²) >= 11 is 6.35. The monoisotopic (exact) mass is 288 g/mol. The maximum absolute atomic E-state index is 13.2. The van der Waals surface area contributed by atoms with Crippen molar-refractivity contribution in [3.63, 3.8) is 0 Å². The van der Waals surface area contributed by atoms with E-state index in [0.717, 1.165) is 27.3 Å². The molecule has 0 saturated carbocycles. The number of benzene rings is 2. The molecule has 0 unspecified atom stereocenters. The molecular formula is C16H14ClFN2. The normalized spacial score (nSPS) is 10.9. The number of H-pyrrole nitrogens is 1. The largest absolute Gasteiger partial charge is 0.379 e.